The predicted molar refractivity (Wildman–Crippen MR) is 142 cm³/mol. The van der Waals surface area contributed by atoms with Gasteiger partial charge in [-0.15, -0.1) is 0 Å². The number of carbonyl (C=O) groups is 2. The fraction of sp³-hybridized carbons (Fsp3) is 0.241. The molecule has 2 heterocycles. The molecule has 0 bridgehead atoms. The Hall–Kier alpha value is -4.73. The van der Waals surface area contributed by atoms with E-state index in [1.807, 2.05) is 11.9 Å². The molecule has 9 nitrogen and oxygen atoms in total. The van der Waals surface area contributed by atoms with E-state index in [0.717, 1.165) is 5.69 Å². The molecule has 1 unspecified atom stereocenters. The van der Waals surface area contributed by atoms with E-state index in [2.05, 4.69) is 0 Å². The first-order chi connectivity index (χ1) is 18.8. The number of hydrogen-bond donors (Lipinski definition) is 1. The van der Waals surface area contributed by atoms with Crippen molar-refractivity contribution < 1.29 is 38.0 Å². The molecule has 1 fully saturated rings. The Labute approximate surface area is 224 Å². The number of Topliss-reactive ketones (excluding diaryl/α,β-unsaturated/α-hetero) is 1. The van der Waals surface area contributed by atoms with Gasteiger partial charge in [-0.2, -0.15) is 0 Å². The van der Waals surface area contributed by atoms with Crippen LogP contribution in [0.3, 0.4) is 0 Å². The van der Waals surface area contributed by atoms with Crippen LogP contribution in [0.4, 0.5) is 15.8 Å². The maximum atomic E-state index is 13.8. The third-order valence-corrected chi connectivity index (χ3v) is 6.88. The number of anilines is 2. The van der Waals surface area contributed by atoms with Gasteiger partial charge in [-0.25, -0.2) is 4.39 Å². The summed E-state index contributed by atoms with van der Waals surface area (Å²) in [5.41, 5.74) is 1.61. The summed E-state index contributed by atoms with van der Waals surface area (Å²) in [6, 6.07) is 12.4. The van der Waals surface area contributed by atoms with E-state index in [-0.39, 0.29) is 17.0 Å². The first-order valence-corrected chi connectivity index (χ1v) is 12.1. The van der Waals surface area contributed by atoms with Crippen LogP contribution >= 0.6 is 0 Å². The average Bonchev–Trinajstić information content (AvgIpc) is 3.22. The monoisotopic (exact) mass is 534 g/mol. The number of amides is 1. The van der Waals surface area contributed by atoms with E-state index in [0.29, 0.717) is 47.3 Å². The van der Waals surface area contributed by atoms with Crippen molar-refractivity contribution in [1.29, 1.82) is 0 Å². The van der Waals surface area contributed by atoms with Crippen molar-refractivity contribution >= 4 is 28.8 Å². The maximum absolute atomic E-state index is 13.8. The molecule has 202 valence electrons. The van der Waals surface area contributed by atoms with Crippen molar-refractivity contribution in [3.8, 4) is 23.0 Å². The van der Waals surface area contributed by atoms with Crippen LogP contribution in [-0.4, -0.2) is 58.3 Å². The van der Waals surface area contributed by atoms with Crippen molar-refractivity contribution in [2.24, 2.45) is 0 Å². The van der Waals surface area contributed by atoms with Gasteiger partial charge in [0.15, 0.2) is 11.5 Å². The minimum atomic E-state index is -1.09. The molecule has 10 heteroatoms. The minimum Gasteiger partial charge on any atom is -0.507 e. The third-order valence-electron chi connectivity index (χ3n) is 6.88. The van der Waals surface area contributed by atoms with Crippen LogP contribution in [0.2, 0.25) is 0 Å². The molecule has 1 atom stereocenters. The molecule has 5 rings (SSSR count). The fourth-order valence-electron chi connectivity index (χ4n) is 4.93. The molecule has 1 saturated heterocycles. The highest BCUT2D eigenvalue weighted by atomic mass is 19.1. The maximum Gasteiger partial charge on any atom is 0.300 e. The van der Waals surface area contributed by atoms with Crippen LogP contribution in [0.1, 0.15) is 17.2 Å². The SMILES string of the molecule is COc1cc(C2/C(=C(\O)c3ccc4c(c3)N(C)CCO4)C(=O)C(=O)N2c2ccc(F)cc2)cc(OC)c1OC. The average molecular weight is 535 g/mol. The molecular formula is C29H27FN2O7. The largest absolute Gasteiger partial charge is 0.507 e. The Morgan fingerprint density at radius 2 is 1.64 bits per heavy atom. The fourth-order valence-corrected chi connectivity index (χ4v) is 4.93. The van der Waals surface area contributed by atoms with Crippen LogP contribution in [0.5, 0.6) is 23.0 Å². The lowest BCUT2D eigenvalue weighted by molar-refractivity contribution is -0.132. The molecule has 3 aromatic rings. The Kier molecular flexibility index (Phi) is 6.78. The first kappa shape index (κ1) is 25.9. The molecule has 2 aliphatic rings. The number of rotatable bonds is 6. The zero-order valence-corrected chi connectivity index (χ0v) is 21.9. The van der Waals surface area contributed by atoms with Gasteiger partial charge in [0.05, 0.1) is 45.2 Å². The van der Waals surface area contributed by atoms with Crippen LogP contribution in [-0.2, 0) is 9.59 Å². The van der Waals surface area contributed by atoms with Crippen molar-refractivity contribution in [3.63, 3.8) is 0 Å². The summed E-state index contributed by atoms with van der Waals surface area (Å²) >= 11 is 0. The highest BCUT2D eigenvalue weighted by Gasteiger charge is 2.47. The summed E-state index contributed by atoms with van der Waals surface area (Å²) in [5.74, 6) is -1.07. The molecule has 0 spiro atoms. The summed E-state index contributed by atoms with van der Waals surface area (Å²) in [4.78, 5) is 30.2. The zero-order valence-electron chi connectivity index (χ0n) is 21.9. The third kappa shape index (κ3) is 4.37. The summed E-state index contributed by atoms with van der Waals surface area (Å²) in [7, 11) is 6.25. The van der Waals surface area contributed by atoms with Crippen molar-refractivity contribution in [3.05, 3.63) is 77.1 Å². The standard InChI is InChI=1S/C29H27FN2O7/c1-31-11-12-39-21-10-5-16(13-20(21)31)26(33)24-25(17-14-22(36-2)28(38-4)23(15-17)37-3)32(29(35)27(24)34)19-8-6-18(30)7-9-19/h5-10,13-15,25,33H,11-12H2,1-4H3/b26-24+. The molecular weight excluding hydrogens is 507 g/mol. The molecule has 2 aliphatic heterocycles. The number of halogens is 1. The minimum absolute atomic E-state index is 0.141. The topological polar surface area (TPSA) is 97.8 Å². The smallest absolute Gasteiger partial charge is 0.300 e. The zero-order chi connectivity index (χ0) is 27.8. The lowest BCUT2D eigenvalue weighted by Gasteiger charge is -2.28. The van der Waals surface area contributed by atoms with Crippen LogP contribution < -0.4 is 28.7 Å². The van der Waals surface area contributed by atoms with E-state index in [1.54, 1.807) is 30.3 Å². The lowest BCUT2D eigenvalue weighted by Crippen LogP contribution is -2.29. The normalized spacial score (nSPS) is 18.0. The second-order valence-corrected chi connectivity index (χ2v) is 9.06. The number of nitrogens with zero attached hydrogens (tertiary/aromatic N) is 2. The molecule has 0 aliphatic carbocycles. The second kappa shape index (κ2) is 10.2. The number of hydrogen-bond acceptors (Lipinski definition) is 8. The first-order valence-electron chi connectivity index (χ1n) is 12.1. The second-order valence-electron chi connectivity index (χ2n) is 9.06. The number of aliphatic hydroxyl groups excluding tert-OH is 1. The van der Waals surface area contributed by atoms with Gasteiger partial charge < -0.3 is 29.0 Å². The van der Waals surface area contributed by atoms with Crippen molar-refractivity contribution in [1.82, 2.24) is 0 Å². The molecule has 39 heavy (non-hydrogen) atoms. The Balaban J connectivity index is 1.75. The van der Waals surface area contributed by atoms with E-state index in [1.165, 1.54) is 50.5 Å². The summed E-state index contributed by atoms with van der Waals surface area (Å²) in [5, 5.41) is 11.6. The summed E-state index contributed by atoms with van der Waals surface area (Å²) in [6.07, 6.45) is 0. The Morgan fingerprint density at radius 1 is 0.974 bits per heavy atom. The molecule has 3 aromatic carbocycles. The van der Waals surface area contributed by atoms with Gasteiger partial charge in [-0.05, 0) is 60.2 Å². The van der Waals surface area contributed by atoms with E-state index in [9.17, 15) is 19.1 Å². The Morgan fingerprint density at radius 3 is 2.26 bits per heavy atom. The number of ether oxygens (including phenoxy) is 4. The number of fused-ring (bicyclic) bond motifs is 1. The number of methoxy groups -OCH3 is 3. The lowest BCUT2D eigenvalue weighted by atomic mass is 9.94. The molecule has 0 radical (unpaired) electrons. The van der Waals surface area contributed by atoms with Gasteiger partial charge in [0.2, 0.25) is 5.75 Å². The number of carbonyl (C=O) groups excluding carboxylic acids is 2. The number of aliphatic hydroxyl groups is 1. The molecule has 1 N–H and O–H groups in total. The highest BCUT2D eigenvalue weighted by molar-refractivity contribution is 6.51. The van der Waals surface area contributed by atoms with Gasteiger partial charge in [0.25, 0.3) is 11.7 Å². The van der Waals surface area contributed by atoms with Gasteiger partial charge in [-0.1, -0.05) is 0 Å². The van der Waals surface area contributed by atoms with Gasteiger partial charge >= 0.3 is 0 Å². The van der Waals surface area contributed by atoms with Crippen molar-refractivity contribution in [2.75, 3.05) is 51.3 Å². The van der Waals surface area contributed by atoms with Gasteiger partial charge in [0.1, 0.15) is 23.9 Å². The summed E-state index contributed by atoms with van der Waals surface area (Å²) < 4.78 is 35.9. The van der Waals surface area contributed by atoms with Crippen LogP contribution in [0.15, 0.2) is 60.2 Å². The highest BCUT2D eigenvalue weighted by Crippen LogP contribution is 2.47. The molecule has 1 amide bonds. The van der Waals surface area contributed by atoms with Crippen LogP contribution in [0, 0.1) is 5.82 Å². The molecule has 0 aromatic heterocycles. The molecule has 0 saturated carbocycles. The quantitative estimate of drug-likeness (QED) is 0.284. The summed E-state index contributed by atoms with van der Waals surface area (Å²) in [6.45, 7) is 1.18. The van der Waals surface area contributed by atoms with Gasteiger partial charge in [0, 0.05) is 18.3 Å². The number of ketones is 1. The van der Waals surface area contributed by atoms with E-state index >= 15 is 0 Å². The number of likely N-dealkylation sites (N-methyl/N-ethyl adjacent to an activating group) is 1. The van der Waals surface area contributed by atoms with Gasteiger partial charge in [-0.3, -0.25) is 14.5 Å². The van der Waals surface area contributed by atoms with E-state index in [4.69, 9.17) is 18.9 Å². The van der Waals surface area contributed by atoms with Crippen LogP contribution in [0.25, 0.3) is 5.76 Å². The Bertz CT molecular complexity index is 1460. The van der Waals surface area contributed by atoms with E-state index < -0.39 is 23.5 Å². The van der Waals surface area contributed by atoms with Crippen molar-refractivity contribution in [2.45, 2.75) is 6.04 Å². The number of benzene rings is 3. The predicted octanol–water partition coefficient (Wildman–Crippen LogP) is 4.31.